The summed E-state index contributed by atoms with van der Waals surface area (Å²) in [5.74, 6) is 1.68. The molecule has 0 saturated carbocycles. The second kappa shape index (κ2) is 7.15. The molecule has 0 fully saturated rings. The second-order valence-corrected chi connectivity index (χ2v) is 11.1. The second-order valence-electron chi connectivity index (χ2n) is 7.38. The molecular weight excluding hydrogens is 392 g/mol. The van der Waals surface area contributed by atoms with E-state index in [1.807, 2.05) is 49.0 Å². The highest BCUT2D eigenvalue weighted by Crippen LogP contribution is 2.44. The van der Waals surface area contributed by atoms with Crippen LogP contribution in [-0.4, -0.2) is 20.1 Å². The smallest absolute Gasteiger partial charge is 0.267 e. The summed E-state index contributed by atoms with van der Waals surface area (Å²) in [6.07, 6.45) is 2.76. The normalized spacial score (nSPS) is 15.7. The molecule has 1 aromatic carbocycles. The Hall–Kier alpha value is -1.50. The summed E-state index contributed by atoms with van der Waals surface area (Å²) in [5.41, 5.74) is 3.27. The molecule has 0 saturated heterocycles. The first-order valence-corrected chi connectivity index (χ1v) is 11.7. The number of fused-ring (bicyclic) bond motifs is 3. The lowest BCUT2D eigenvalue weighted by Crippen LogP contribution is -2.26. The summed E-state index contributed by atoms with van der Waals surface area (Å²) in [7, 11) is 0. The van der Waals surface area contributed by atoms with E-state index in [9.17, 15) is 4.79 Å². The molecule has 6 heteroatoms. The zero-order valence-electron chi connectivity index (χ0n) is 15.7. The molecule has 3 nitrogen and oxygen atoms in total. The van der Waals surface area contributed by atoms with Crippen LogP contribution in [-0.2, 0) is 12.2 Å². The zero-order chi connectivity index (χ0) is 19.2. The van der Waals surface area contributed by atoms with Gasteiger partial charge in [0.15, 0.2) is 5.16 Å². The number of thiophene rings is 1. The van der Waals surface area contributed by atoms with Gasteiger partial charge in [0, 0.05) is 21.1 Å². The maximum Gasteiger partial charge on any atom is 0.267 e. The molecule has 0 atom stereocenters. The molecule has 0 unspecified atom stereocenters. The van der Waals surface area contributed by atoms with Crippen LogP contribution in [0.3, 0.4) is 0 Å². The molecule has 2 aromatic heterocycles. The fourth-order valence-electron chi connectivity index (χ4n) is 3.40. The predicted molar refractivity (Wildman–Crippen MR) is 120 cm³/mol. The third kappa shape index (κ3) is 3.50. The standard InChI is InChI=1S/C21H22N2OS3/c1-5-9-25-20-22-18-17(15-11-21(3,4)26-12-16(15)27-18)19(24)23(20)14-8-6-7-13(2)10-14/h5-8,10H,1,9,11-12H2,2-4H3. The first-order chi connectivity index (χ1) is 12.9. The van der Waals surface area contributed by atoms with Gasteiger partial charge in [0.1, 0.15) is 4.83 Å². The van der Waals surface area contributed by atoms with Gasteiger partial charge in [-0.05, 0) is 36.6 Å². The van der Waals surface area contributed by atoms with Crippen LogP contribution in [0.15, 0.2) is 46.9 Å². The van der Waals surface area contributed by atoms with Gasteiger partial charge >= 0.3 is 0 Å². The lowest BCUT2D eigenvalue weighted by Gasteiger charge is -2.28. The molecule has 0 aliphatic carbocycles. The highest BCUT2D eigenvalue weighted by Gasteiger charge is 2.31. The fraction of sp³-hybridized carbons (Fsp3) is 0.333. The van der Waals surface area contributed by atoms with Crippen molar-refractivity contribution in [2.24, 2.45) is 0 Å². The SMILES string of the molecule is C=CCSc1nc2sc3c(c2c(=O)n1-c1cccc(C)c1)CC(C)(C)SC3. The van der Waals surface area contributed by atoms with E-state index in [0.29, 0.717) is 0 Å². The number of aryl methyl sites for hydroxylation is 1. The van der Waals surface area contributed by atoms with Gasteiger partial charge in [-0.1, -0.05) is 43.8 Å². The van der Waals surface area contributed by atoms with Crippen LogP contribution in [0.5, 0.6) is 0 Å². The Labute approximate surface area is 171 Å². The van der Waals surface area contributed by atoms with Crippen molar-refractivity contribution in [3.05, 3.63) is 63.3 Å². The molecule has 0 amide bonds. The number of rotatable bonds is 4. The monoisotopic (exact) mass is 414 g/mol. The summed E-state index contributed by atoms with van der Waals surface area (Å²) in [6.45, 7) is 10.4. The molecule has 0 spiro atoms. The van der Waals surface area contributed by atoms with Gasteiger partial charge in [0.25, 0.3) is 5.56 Å². The first kappa shape index (κ1) is 18.8. The van der Waals surface area contributed by atoms with Crippen LogP contribution in [0.4, 0.5) is 0 Å². The number of nitrogens with zero attached hydrogens (tertiary/aromatic N) is 2. The van der Waals surface area contributed by atoms with Crippen molar-refractivity contribution in [1.29, 1.82) is 0 Å². The zero-order valence-corrected chi connectivity index (χ0v) is 18.2. The topological polar surface area (TPSA) is 34.9 Å². The van der Waals surface area contributed by atoms with Gasteiger partial charge in [0.05, 0.1) is 11.1 Å². The van der Waals surface area contributed by atoms with Crippen LogP contribution >= 0.6 is 34.9 Å². The van der Waals surface area contributed by atoms with Crippen molar-refractivity contribution < 1.29 is 0 Å². The van der Waals surface area contributed by atoms with E-state index in [-0.39, 0.29) is 10.3 Å². The van der Waals surface area contributed by atoms with Gasteiger partial charge < -0.3 is 0 Å². The quantitative estimate of drug-likeness (QED) is 0.316. The Bertz CT molecular complexity index is 1090. The number of benzene rings is 1. The van der Waals surface area contributed by atoms with Crippen LogP contribution < -0.4 is 5.56 Å². The number of thioether (sulfide) groups is 2. The summed E-state index contributed by atoms with van der Waals surface area (Å²) in [5, 5.41) is 1.55. The lowest BCUT2D eigenvalue weighted by atomic mass is 10.00. The predicted octanol–water partition coefficient (Wildman–Crippen LogP) is 5.60. The molecule has 0 bridgehead atoms. The van der Waals surface area contributed by atoms with Crippen LogP contribution in [0.1, 0.15) is 29.9 Å². The lowest BCUT2D eigenvalue weighted by molar-refractivity contribution is 0.698. The van der Waals surface area contributed by atoms with Gasteiger partial charge in [-0.3, -0.25) is 9.36 Å². The Morgan fingerprint density at radius 2 is 2.22 bits per heavy atom. The average Bonchev–Trinajstić information content (AvgIpc) is 2.96. The van der Waals surface area contributed by atoms with E-state index >= 15 is 0 Å². The molecule has 3 aromatic rings. The average molecular weight is 415 g/mol. The molecule has 0 radical (unpaired) electrons. The van der Waals surface area contributed by atoms with Crippen molar-refractivity contribution in [2.75, 3.05) is 5.75 Å². The minimum absolute atomic E-state index is 0.0531. The minimum Gasteiger partial charge on any atom is -0.268 e. The van der Waals surface area contributed by atoms with Crippen molar-refractivity contribution >= 4 is 45.1 Å². The third-order valence-corrected chi connectivity index (χ3v) is 8.27. The van der Waals surface area contributed by atoms with Crippen molar-refractivity contribution in [1.82, 2.24) is 9.55 Å². The molecule has 27 heavy (non-hydrogen) atoms. The maximum absolute atomic E-state index is 13.7. The number of aromatic nitrogens is 2. The van der Waals surface area contributed by atoms with Crippen molar-refractivity contribution in [3.63, 3.8) is 0 Å². The summed E-state index contributed by atoms with van der Waals surface area (Å²) in [6, 6.07) is 8.07. The molecule has 0 N–H and O–H groups in total. The Morgan fingerprint density at radius 3 is 2.96 bits per heavy atom. The molecule has 1 aliphatic heterocycles. The molecular formula is C21H22N2OS3. The van der Waals surface area contributed by atoms with Crippen LogP contribution in [0.25, 0.3) is 15.9 Å². The Kier molecular flexibility index (Phi) is 4.99. The Morgan fingerprint density at radius 1 is 1.41 bits per heavy atom. The fourth-order valence-corrected chi connectivity index (χ4v) is 6.53. The highest BCUT2D eigenvalue weighted by atomic mass is 32.2. The molecule has 140 valence electrons. The summed E-state index contributed by atoms with van der Waals surface area (Å²) >= 11 is 5.20. The first-order valence-electron chi connectivity index (χ1n) is 8.91. The van der Waals surface area contributed by atoms with E-state index < -0.39 is 0 Å². The molecule has 1 aliphatic rings. The largest absolute Gasteiger partial charge is 0.268 e. The molecule has 3 heterocycles. The van der Waals surface area contributed by atoms with Crippen molar-refractivity contribution in [3.8, 4) is 5.69 Å². The van der Waals surface area contributed by atoms with Crippen LogP contribution in [0, 0.1) is 6.92 Å². The van der Waals surface area contributed by atoms with Crippen molar-refractivity contribution in [2.45, 2.75) is 42.8 Å². The summed E-state index contributed by atoms with van der Waals surface area (Å²) in [4.78, 5) is 20.8. The van der Waals surface area contributed by atoms with Gasteiger partial charge in [-0.25, -0.2) is 4.98 Å². The number of hydrogen-bond acceptors (Lipinski definition) is 5. The molecule has 4 rings (SSSR count). The third-order valence-electron chi connectivity index (χ3n) is 4.66. The van der Waals surface area contributed by atoms with E-state index in [1.165, 1.54) is 10.4 Å². The van der Waals surface area contributed by atoms with Gasteiger partial charge in [-0.15, -0.1) is 29.7 Å². The van der Waals surface area contributed by atoms with Gasteiger partial charge in [0.2, 0.25) is 0 Å². The van der Waals surface area contributed by atoms with E-state index in [1.54, 1.807) is 27.7 Å². The van der Waals surface area contributed by atoms with Crippen LogP contribution in [0.2, 0.25) is 0 Å². The van der Waals surface area contributed by atoms with E-state index in [4.69, 9.17) is 4.98 Å². The van der Waals surface area contributed by atoms with Gasteiger partial charge in [-0.2, -0.15) is 0 Å². The number of hydrogen-bond donors (Lipinski definition) is 0. The Balaban J connectivity index is 2.01. The summed E-state index contributed by atoms with van der Waals surface area (Å²) < 4.78 is 1.93. The van der Waals surface area contributed by atoms with E-state index in [0.717, 1.165) is 44.6 Å². The minimum atomic E-state index is 0.0531. The highest BCUT2D eigenvalue weighted by molar-refractivity contribution is 8.00. The van der Waals surface area contributed by atoms with E-state index in [2.05, 4.69) is 20.4 Å². The maximum atomic E-state index is 13.7.